The maximum atomic E-state index is 11.4. The number of methoxy groups -OCH3 is 2. The Kier molecular flexibility index (Phi) is 4.20. The zero-order valence-electron chi connectivity index (χ0n) is 10.8. The van der Waals surface area contributed by atoms with Gasteiger partial charge in [0.05, 0.1) is 14.2 Å². The molecule has 0 amide bonds. The number of hydrogen-bond donors (Lipinski definition) is 1. The highest BCUT2D eigenvalue weighted by Crippen LogP contribution is 2.26. The van der Waals surface area contributed by atoms with E-state index in [-0.39, 0.29) is 12.0 Å². The van der Waals surface area contributed by atoms with Crippen molar-refractivity contribution in [2.24, 2.45) is 0 Å². The standard InChI is InChI=1S/C14H19NO3/c1-17-12-6-3-10(4-7-12)11-5-8-13(15-9-11)14(16)18-2/h3-4,6-7,11,13,15H,5,8-9H2,1-2H3/t11-,13-/m1/s1. The van der Waals surface area contributed by atoms with Crippen LogP contribution in [0.3, 0.4) is 0 Å². The van der Waals surface area contributed by atoms with Crippen molar-refractivity contribution in [1.82, 2.24) is 5.32 Å². The van der Waals surface area contributed by atoms with Crippen molar-refractivity contribution in [1.29, 1.82) is 0 Å². The van der Waals surface area contributed by atoms with Gasteiger partial charge in [-0.3, -0.25) is 4.79 Å². The lowest BCUT2D eigenvalue weighted by Crippen LogP contribution is -2.43. The van der Waals surface area contributed by atoms with Gasteiger partial charge in [-0.15, -0.1) is 0 Å². The van der Waals surface area contributed by atoms with Crippen LogP contribution in [-0.2, 0) is 9.53 Å². The number of benzene rings is 1. The van der Waals surface area contributed by atoms with E-state index in [1.54, 1.807) is 7.11 Å². The monoisotopic (exact) mass is 249 g/mol. The van der Waals surface area contributed by atoms with Gasteiger partial charge in [-0.2, -0.15) is 0 Å². The molecule has 1 aromatic carbocycles. The Labute approximate surface area is 107 Å². The van der Waals surface area contributed by atoms with Gasteiger partial charge in [0.25, 0.3) is 0 Å². The van der Waals surface area contributed by atoms with Crippen molar-refractivity contribution in [2.45, 2.75) is 24.8 Å². The number of carbonyl (C=O) groups is 1. The molecule has 1 fully saturated rings. The van der Waals surface area contributed by atoms with Crippen molar-refractivity contribution in [2.75, 3.05) is 20.8 Å². The molecule has 0 unspecified atom stereocenters. The molecule has 2 atom stereocenters. The summed E-state index contributed by atoms with van der Waals surface area (Å²) in [7, 11) is 3.09. The molecule has 1 heterocycles. The minimum Gasteiger partial charge on any atom is -0.497 e. The summed E-state index contributed by atoms with van der Waals surface area (Å²) in [6.45, 7) is 0.812. The number of nitrogens with one attached hydrogen (secondary N) is 1. The summed E-state index contributed by atoms with van der Waals surface area (Å²) in [5, 5.41) is 3.24. The topological polar surface area (TPSA) is 47.6 Å². The van der Waals surface area contributed by atoms with Gasteiger partial charge in [0, 0.05) is 6.54 Å². The fourth-order valence-electron chi connectivity index (χ4n) is 2.36. The van der Waals surface area contributed by atoms with E-state index in [1.807, 2.05) is 12.1 Å². The van der Waals surface area contributed by atoms with Gasteiger partial charge in [-0.1, -0.05) is 12.1 Å². The number of rotatable bonds is 3. The molecule has 1 aromatic rings. The van der Waals surface area contributed by atoms with Crippen molar-refractivity contribution < 1.29 is 14.3 Å². The van der Waals surface area contributed by atoms with Crippen LogP contribution in [0.4, 0.5) is 0 Å². The predicted octanol–water partition coefficient (Wildman–Crippen LogP) is 1.70. The van der Waals surface area contributed by atoms with Gasteiger partial charge in [-0.05, 0) is 36.5 Å². The number of hydrogen-bond acceptors (Lipinski definition) is 4. The maximum absolute atomic E-state index is 11.4. The van der Waals surface area contributed by atoms with Gasteiger partial charge >= 0.3 is 5.97 Å². The first-order chi connectivity index (χ1) is 8.74. The first-order valence-corrected chi connectivity index (χ1v) is 6.19. The molecule has 0 radical (unpaired) electrons. The minimum atomic E-state index is -0.164. The van der Waals surface area contributed by atoms with E-state index in [9.17, 15) is 4.79 Å². The molecule has 0 spiro atoms. The van der Waals surface area contributed by atoms with Crippen LogP contribution in [0.25, 0.3) is 0 Å². The lowest BCUT2D eigenvalue weighted by atomic mass is 9.89. The summed E-state index contributed by atoms with van der Waals surface area (Å²) in [4.78, 5) is 11.4. The number of carbonyl (C=O) groups excluding carboxylic acids is 1. The summed E-state index contributed by atoms with van der Waals surface area (Å²) in [5.74, 6) is 1.16. The third kappa shape index (κ3) is 2.82. The highest BCUT2D eigenvalue weighted by atomic mass is 16.5. The van der Waals surface area contributed by atoms with Gasteiger partial charge in [0.15, 0.2) is 0 Å². The van der Waals surface area contributed by atoms with E-state index in [0.717, 1.165) is 25.1 Å². The molecule has 4 nitrogen and oxygen atoms in total. The molecule has 0 saturated carbocycles. The number of ether oxygens (including phenoxy) is 2. The van der Waals surface area contributed by atoms with Crippen LogP contribution in [-0.4, -0.2) is 32.8 Å². The molecule has 2 rings (SSSR count). The second-order valence-electron chi connectivity index (χ2n) is 4.53. The predicted molar refractivity (Wildman–Crippen MR) is 68.8 cm³/mol. The highest BCUT2D eigenvalue weighted by Gasteiger charge is 2.26. The maximum Gasteiger partial charge on any atom is 0.322 e. The van der Waals surface area contributed by atoms with E-state index >= 15 is 0 Å². The molecule has 1 aliphatic rings. The second-order valence-corrected chi connectivity index (χ2v) is 4.53. The summed E-state index contributed by atoms with van der Waals surface area (Å²) in [6, 6.07) is 7.97. The van der Waals surface area contributed by atoms with E-state index in [1.165, 1.54) is 12.7 Å². The van der Waals surface area contributed by atoms with Gasteiger partial charge in [0.1, 0.15) is 11.8 Å². The molecule has 0 aromatic heterocycles. The number of esters is 1. The first kappa shape index (κ1) is 12.9. The fraction of sp³-hybridized carbons (Fsp3) is 0.500. The van der Waals surface area contributed by atoms with E-state index in [2.05, 4.69) is 17.4 Å². The third-order valence-corrected chi connectivity index (χ3v) is 3.49. The van der Waals surface area contributed by atoms with Crippen LogP contribution in [0.2, 0.25) is 0 Å². The minimum absolute atomic E-state index is 0.149. The average Bonchev–Trinajstić information content (AvgIpc) is 2.47. The van der Waals surface area contributed by atoms with Gasteiger partial charge in [0.2, 0.25) is 0 Å². The van der Waals surface area contributed by atoms with Crippen LogP contribution in [0, 0.1) is 0 Å². The second kappa shape index (κ2) is 5.87. The quantitative estimate of drug-likeness (QED) is 0.828. The Morgan fingerprint density at radius 1 is 1.22 bits per heavy atom. The molecule has 1 saturated heterocycles. The van der Waals surface area contributed by atoms with Crippen LogP contribution in [0.15, 0.2) is 24.3 Å². The van der Waals surface area contributed by atoms with Crippen LogP contribution in [0.1, 0.15) is 24.3 Å². The summed E-state index contributed by atoms with van der Waals surface area (Å²) in [5.41, 5.74) is 1.28. The SMILES string of the molecule is COC(=O)[C@H]1CC[C@@H](c2ccc(OC)cc2)CN1. The Morgan fingerprint density at radius 2 is 1.94 bits per heavy atom. The van der Waals surface area contributed by atoms with Crippen LogP contribution < -0.4 is 10.1 Å². The Morgan fingerprint density at radius 3 is 2.44 bits per heavy atom. The fourth-order valence-corrected chi connectivity index (χ4v) is 2.36. The first-order valence-electron chi connectivity index (χ1n) is 6.19. The van der Waals surface area contributed by atoms with E-state index in [4.69, 9.17) is 9.47 Å². The van der Waals surface area contributed by atoms with Crippen molar-refractivity contribution in [3.8, 4) is 5.75 Å². The summed E-state index contributed by atoms with van der Waals surface area (Å²) in [6.07, 6.45) is 1.82. The molecule has 18 heavy (non-hydrogen) atoms. The lowest BCUT2D eigenvalue weighted by molar-refractivity contribution is -0.143. The highest BCUT2D eigenvalue weighted by molar-refractivity contribution is 5.75. The third-order valence-electron chi connectivity index (χ3n) is 3.49. The van der Waals surface area contributed by atoms with Crippen LogP contribution in [0.5, 0.6) is 5.75 Å². The lowest BCUT2D eigenvalue weighted by Gasteiger charge is -2.28. The summed E-state index contributed by atoms with van der Waals surface area (Å²) < 4.78 is 9.89. The Bertz CT molecular complexity index is 394. The smallest absolute Gasteiger partial charge is 0.322 e. The Balaban J connectivity index is 1.94. The molecule has 98 valence electrons. The molecular weight excluding hydrogens is 230 g/mol. The number of piperidine rings is 1. The van der Waals surface area contributed by atoms with Crippen molar-refractivity contribution >= 4 is 5.97 Å². The molecular formula is C14H19NO3. The Hall–Kier alpha value is -1.55. The molecule has 0 aliphatic carbocycles. The van der Waals surface area contributed by atoms with E-state index < -0.39 is 0 Å². The largest absolute Gasteiger partial charge is 0.497 e. The van der Waals surface area contributed by atoms with Gasteiger partial charge in [-0.25, -0.2) is 0 Å². The molecule has 1 N–H and O–H groups in total. The zero-order chi connectivity index (χ0) is 13.0. The zero-order valence-corrected chi connectivity index (χ0v) is 10.8. The summed E-state index contributed by atoms with van der Waals surface area (Å²) >= 11 is 0. The molecule has 4 heteroatoms. The average molecular weight is 249 g/mol. The molecule has 1 aliphatic heterocycles. The van der Waals surface area contributed by atoms with Crippen molar-refractivity contribution in [3.05, 3.63) is 29.8 Å². The normalized spacial score (nSPS) is 23.4. The van der Waals surface area contributed by atoms with Crippen molar-refractivity contribution in [3.63, 3.8) is 0 Å². The van der Waals surface area contributed by atoms with E-state index in [0.29, 0.717) is 5.92 Å². The molecule has 0 bridgehead atoms. The van der Waals surface area contributed by atoms with Gasteiger partial charge < -0.3 is 14.8 Å². The van der Waals surface area contributed by atoms with Crippen LogP contribution >= 0.6 is 0 Å².